The maximum Gasteiger partial charge on any atom is 0.307 e. The van der Waals surface area contributed by atoms with E-state index in [1.165, 1.54) is 0 Å². The SMILES string of the molecule is CC1(C)CC(=O)n2c(c(-c3ccc(C(N)=O)c(NC4CCC(OC(=O)CCN)CC4)c3)c3ccccc32)C1. The maximum atomic E-state index is 13.2. The van der Waals surface area contributed by atoms with Gasteiger partial charge in [0.2, 0.25) is 5.91 Å². The average Bonchev–Trinajstić information content (AvgIpc) is 3.18. The predicted octanol–water partition coefficient (Wildman–Crippen LogP) is 4.63. The van der Waals surface area contributed by atoms with Crippen LogP contribution in [0.2, 0.25) is 0 Å². The van der Waals surface area contributed by atoms with Gasteiger partial charge in [0, 0.05) is 41.3 Å². The number of hydrogen-bond acceptors (Lipinski definition) is 6. The Morgan fingerprint density at radius 2 is 1.82 bits per heavy atom. The van der Waals surface area contributed by atoms with E-state index in [0.29, 0.717) is 17.7 Å². The number of fused-ring (bicyclic) bond motifs is 3. The van der Waals surface area contributed by atoms with E-state index in [0.717, 1.165) is 59.8 Å². The average molecular weight is 517 g/mol. The first-order valence-corrected chi connectivity index (χ1v) is 13.4. The maximum absolute atomic E-state index is 13.2. The fourth-order valence-corrected chi connectivity index (χ4v) is 6.01. The van der Waals surface area contributed by atoms with Gasteiger partial charge in [0.05, 0.1) is 17.5 Å². The second-order valence-corrected chi connectivity index (χ2v) is 11.4. The van der Waals surface area contributed by atoms with Crippen LogP contribution in [0.5, 0.6) is 0 Å². The van der Waals surface area contributed by atoms with Crippen molar-refractivity contribution < 1.29 is 19.1 Å². The zero-order chi connectivity index (χ0) is 27.0. The molecule has 2 heterocycles. The van der Waals surface area contributed by atoms with E-state index in [-0.39, 0.29) is 42.4 Å². The third kappa shape index (κ3) is 5.05. The topological polar surface area (TPSA) is 129 Å². The largest absolute Gasteiger partial charge is 0.462 e. The van der Waals surface area contributed by atoms with Crippen molar-refractivity contribution in [2.75, 3.05) is 11.9 Å². The Kier molecular flexibility index (Phi) is 7.01. The van der Waals surface area contributed by atoms with Crippen LogP contribution < -0.4 is 16.8 Å². The molecule has 200 valence electrons. The zero-order valence-electron chi connectivity index (χ0n) is 22.1. The van der Waals surface area contributed by atoms with E-state index in [4.69, 9.17) is 16.2 Å². The standard InChI is InChI=1S/C30H36N4O4/c1-30(2)16-25-28(22-5-3-4-6-24(22)34(25)26(35)17-30)18-7-12-21(29(32)37)23(15-18)33-19-8-10-20(11-9-19)38-27(36)13-14-31/h3-7,12,15,19-20,33H,8-11,13-14,16-17,31H2,1-2H3,(H2,32,37). The van der Waals surface area contributed by atoms with Crippen LogP contribution in [0, 0.1) is 5.41 Å². The molecule has 0 saturated heterocycles. The van der Waals surface area contributed by atoms with Crippen molar-refractivity contribution in [3.05, 3.63) is 53.7 Å². The number of nitrogens with zero attached hydrogens (tertiary/aromatic N) is 1. The number of ether oxygens (including phenoxy) is 1. The Morgan fingerprint density at radius 3 is 2.53 bits per heavy atom. The van der Waals surface area contributed by atoms with E-state index in [1.54, 1.807) is 6.07 Å². The molecule has 0 spiro atoms. The number of rotatable bonds is 7. The molecular weight excluding hydrogens is 480 g/mol. The lowest BCUT2D eigenvalue weighted by molar-refractivity contribution is -0.150. The number of para-hydroxylation sites is 1. The first-order chi connectivity index (χ1) is 18.2. The van der Waals surface area contributed by atoms with Crippen LogP contribution in [-0.4, -0.2) is 41.0 Å². The number of anilines is 1. The molecule has 2 aliphatic rings. The lowest BCUT2D eigenvalue weighted by Crippen LogP contribution is -2.32. The highest BCUT2D eigenvalue weighted by Gasteiger charge is 2.35. The molecule has 3 aromatic rings. The molecule has 1 aliphatic heterocycles. The Balaban J connectivity index is 1.47. The van der Waals surface area contributed by atoms with Crippen LogP contribution in [0.4, 0.5) is 5.69 Å². The molecule has 0 bridgehead atoms. The summed E-state index contributed by atoms with van der Waals surface area (Å²) < 4.78 is 7.40. The van der Waals surface area contributed by atoms with E-state index in [2.05, 4.69) is 25.2 Å². The molecule has 1 fully saturated rings. The van der Waals surface area contributed by atoms with Crippen molar-refractivity contribution in [1.82, 2.24) is 4.57 Å². The van der Waals surface area contributed by atoms with Gasteiger partial charge in [0.15, 0.2) is 0 Å². The monoisotopic (exact) mass is 516 g/mol. The fourth-order valence-electron chi connectivity index (χ4n) is 6.01. The number of hydrogen-bond donors (Lipinski definition) is 3. The van der Waals surface area contributed by atoms with Gasteiger partial charge < -0.3 is 21.5 Å². The number of primary amides is 1. The van der Waals surface area contributed by atoms with E-state index >= 15 is 0 Å². The van der Waals surface area contributed by atoms with Crippen molar-refractivity contribution in [3.63, 3.8) is 0 Å². The molecule has 0 radical (unpaired) electrons. The number of aromatic nitrogens is 1. The summed E-state index contributed by atoms with van der Waals surface area (Å²) in [6.07, 6.45) is 4.49. The molecule has 1 amide bonds. The van der Waals surface area contributed by atoms with Gasteiger partial charge in [0.25, 0.3) is 5.91 Å². The summed E-state index contributed by atoms with van der Waals surface area (Å²) in [6.45, 7) is 4.54. The lowest BCUT2D eigenvalue weighted by Gasteiger charge is -2.31. The highest BCUT2D eigenvalue weighted by Crippen LogP contribution is 2.43. The van der Waals surface area contributed by atoms with Gasteiger partial charge in [-0.2, -0.15) is 0 Å². The lowest BCUT2D eigenvalue weighted by atomic mass is 9.80. The molecule has 1 saturated carbocycles. The van der Waals surface area contributed by atoms with Crippen LogP contribution >= 0.6 is 0 Å². The number of carbonyl (C=O) groups excluding carboxylic acids is 3. The molecule has 1 aliphatic carbocycles. The van der Waals surface area contributed by atoms with E-state index in [1.807, 2.05) is 34.9 Å². The van der Waals surface area contributed by atoms with Gasteiger partial charge in [-0.1, -0.05) is 38.1 Å². The van der Waals surface area contributed by atoms with Crippen LogP contribution in [0.15, 0.2) is 42.5 Å². The van der Waals surface area contributed by atoms with Crippen molar-refractivity contribution in [1.29, 1.82) is 0 Å². The normalized spacial score (nSPS) is 20.7. The second-order valence-electron chi connectivity index (χ2n) is 11.4. The van der Waals surface area contributed by atoms with Gasteiger partial charge in [-0.15, -0.1) is 0 Å². The number of amides is 1. The minimum absolute atomic E-state index is 0.103. The molecule has 38 heavy (non-hydrogen) atoms. The molecule has 5 N–H and O–H groups in total. The summed E-state index contributed by atoms with van der Waals surface area (Å²) in [5.41, 5.74) is 16.1. The quantitative estimate of drug-likeness (QED) is 0.393. The van der Waals surface area contributed by atoms with Gasteiger partial charge in [-0.25, -0.2) is 0 Å². The van der Waals surface area contributed by atoms with Crippen molar-refractivity contribution in [3.8, 4) is 11.1 Å². The number of benzene rings is 2. The van der Waals surface area contributed by atoms with Gasteiger partial charge in [-0.3, -0.25) is 19.0 Å². The van der Waals surface area contributed by atoms with Gasteiger partial charge >= 0.3 is 5.97 Å². The van der Waals surface area contributed by atoms with Crippen LogP contribution in [0.25, 0.3) is 22.0 Å². The third-order valence-corrected chi connectivity index (χ3v) is 7.75. The number of carbonyl (C=O) groups is 3. The Bertz CT molecular complexity index is 1400. The first-order valence-electron chi connectivity index (χ1n) is 13.4. The summed E-state index contributed by atoms with van der Waals surface area (Å²) in [6, 6.07) is 13.8. The fraction of sp³-hybridized carbons (Fsp3) is 0.433. The molecule has 8 nitrogen and oxygen atoms in total. The minimum Gasteiger partial charge on any atom is -0.462 e. The first kappa shape index (κ1) is 26.0. The van der Waals surface area contributed by atoms with E-state index in [9.17, 15) is 14.4 Å². The Labute approximate surface area is 222 Å². The van der Waals surface area contributed by atoms with Crippen LogP contribution in [0.1, 0.15) is 73.2 Å². The predicted molar refractivity (Wildman–Crippen MR) is 148 cm³/mol. The van der Waals surface area contributed by atoms with Gasteiger partial charge in [-0.05, 0) is 61.3 Å². The third-order valence-electron chi connectivity index (χ3n) is 7.75. The number of esters is 1. The summed E-state index contributed by atoms with van der Waals surface area (Å²) in [4.78, 5) is 37.4. The van der Waals surface area contributed by atoms with Crippen LogP contribution in [-0.2, 0) is 16.0 Å². The highest BCUT2D eigenvalue weighted by atomic mass is 16.5. The molecule has 1 aromatic heterocycles. The number of nitrogens with one attached hydrogen (secondary N) is 1. The Hall–Kier alpha value is -3.65. The molecule has 8 heteroatoms. The smallest absolute Gasteiger partial charge is 0.307 e. The van der Waals surface area contributed by atoms with Crippen LogP contribution in [0.3, 0.4) is 0 Å². The highest BCUT2D eigenvalue weighted by molar-refractivity contribution is 6.06. The molecule has 5 rings (SSSR count). The number of nitrogens with two attached hydrogens (primary N) is 2. The summed E-state index contributed by atoms with van der Waals surface area (Å²) in [5, 5.41) is 4.57. The molecule has 0 unspecified atom stereocenters. The molecule has 0 atom stereocenters. The van der Waals surface area contributed by atoms with Crippen molar-refractivity contribution >= 4 is 34.4 Å². The van der Waals surface area contributed by atoms with E-state index < -0.39 is 5.91 Å². The van der Waals surface area contributed by atoms with Crippen molar-refractivity contribution in [2.45, 2.75) is 70.9 Å². The molecule has 2 aromatic carbocycles. The Morgan fingerprint density at radius 1 is 1.08 bits per heavy atom. The molecular formula is C30H36N4O4. The summed E-state index contributed by atoms with van der Waals surface area (Å²) in [7, 11) is 0. The zero-order valence-corrected chi connectivity index (χ0v) is 22.1. The minimum atomic E-state index is -0.497. The summed E-state index contributed by atoms with van der Waals surface area (Å²) in [5.74, 6) is -0.643. The summed E-state index contributed by atoms with van der Waals surface area (Å²) >= 11 is 0. The van der Waals surface area contributed by atoms with Crippen molar-refractivity contribution in [2.24, 2.45) is 16.9 Å². The van der Waals surface area contributed by atoms with Gasteiger partial charge in [0.1, 0.15) is 6.10 Å². The second kappa shape index (κ2) is 10.3.